The van der Waals surface area contributed by atoms with Crippen LogP contribution in [0, 0.1) is 0 Å². The van der Waals surface area contributed by atoms with Crippen molar-refractivity contribution in [2.24, 2.45) is 5.73 Å². The van der Waals surface area contributed by atoms with Crippen LogP contribution in [-0.4, -0.2) is 54.7 Å². The Morgan fingerprint density at radius 2 is 1.83 bits per heavy atom. The minimum Gasteiger partial charge on any atom is -0.368 e. The third kappa shape index (κ3) is 4.55. The summed E-state index contributed by atoms with van der Waals surface area (Å²) >= 11 is 0. The number of nitrogens with two attached hydrogens (primary N) is 1. The van der Waals surface area contributed by atoms with Crippen LogP contribution in [0.3, 0.4) is 0 Å². The molecular formula is C13H27N3O2. The standard InChI is InChI=1S/C13H27N3O2/c1-12(2)8-16(9-13(3,4)18-12)7-6-10(15-5)11(14)17/h10,15H,6-9H2,1-5H3,(H2,14,17). The van der Waals surface area contributed by atoms with Crippen molar-refractivity contribution in [3.8, 4) is 0 Å². The van der Waals surface area contributed by atoms with Gasteiger partial charge in [-0.15, -0.1) is 0 Å². The maximum atomic E-state index is 11.2. The van der Waals surface area contributed by atoms with Crippen LogP contribution in [0.5, 0.6) is 0 Å². The first kappa shape index (κ1) is 15.4. The predicted octanol–water partition coefficient (Wildman–Crippen LogP) is 0.339. The minimum absolute atomic E-state index is 0.149. The van der Waals surface area contributed by atoms with Gasteiger partial charge in [-0.05, 0) is 41.2 Å². The Labute approximate surface area is 110 Å². The number of ether oxygens (including phenoxy) is 1. The number of likely N-dealkylation sites (N-methyl/N-ethyl adjacent to an activating group) is 1. The Balaban J connectivity index is 2.54. The molecule has 1 heterocycles. The van der Waals surface area contributed by atoms with Crippen molar-refractivity contribution in [1.82, 2.24) is 10.2 Å². The number of hydrogen-bond acceptors (Lipinski definition) is 4. The molecule has 1 fully saturated rings. The van der Waals surface area contributed by atoms with Gasteiger partial charge in [0, 0.05) is 19.6 Å². The summed E-state index contributed by atoms with van der Waals surface area (Å²) < 4.78 is 6.02. The second-order valence-corrected chi connectivity index (χ2v) is 6.36. The fourth-order valence-corrected chi connectivity index (χ4v) is 2.84. The van der Waals surface area contributed by atoms with Crippen LogP contribution in [0.2, 0.25) is 0 Å². The molecule has 0 bridgehead atoms. The van der Waals surface area contributed by atoms with E-state index in [0.29, 0.717) is 0 Å². The molecule has 1 aliphatic heterocycles. The van der Waals surface area contributed by atoms with Crippen molar-refractivity contribution < 1.29 is 9.53 Å². The number of hydrogen-bond donors (Lipinski definition) is 2. The summed E-state index contributed by atoms with van der Waals surface area (Å²) in [6, 6.07) is -0.251. The van der Waals surface area contributed by atoms with Gasteiger partial charge in [-0.1, -0.05) is 0 Å². The van der Waals surface area contributed by atoms with Crippen molar-refractivity contribution in [2.45, 2.75) is 51.4 Å². The Morgan fingerprint density at radius 1 is 1.33 bits per heavy atom. The fourth-order valence-electron chi connectivity index (χ4n) is 2.84. The molecule has 1 atom stereocenters. The Morgan fingerprint density at radius 3 is 2.22 bits per heavy atom. The number of rotatable bonds is 5. The molecular weight excluding hydrogens is 230 g/mol. The van der Waals surface area contributed by atoms with Gasteiger partial charge in [0.05, 0.1) is 17.2 Å². The van der Waals surface area contributed by atoms with Gasteiger partial charge in [-0.2, -0.15) is 0 Å². The molecule has 5 heteroatoms. The minimum atomic E-state index is -0.288. The molecule has 5 nitrogen and oxygen atoms in total. The van der Waals surface area contributed by atoms with E-state index in [9.17, 15) is 4.79 Å². The van der Waals surface area contributed by atoms with Crippen LogP contribution in [0.1, 0.15) is 34.1 Å². The van der Waals surface area contributed by atoms with Crippen molar-refractivity contribution in [2.75, 3.05) is 26.7 Å². The first-order valence-corrected chi connectivity index (χ1v) is 6.54. The van der Waals surface area contributed by atoms with Crippen molar-refractivity contribution >= 4 is 5.91 Å². The summed E-state index contributed by atoms with van der Waals surface area (Å²) in [5, 5.41) is 2.95. The van der Waals surface area contributed by atoms with E-state index in [-0.39, 0.29) is 23.2 Å². The lowest BCUT2D eigenvalue weighted by Gasteiger charge is -2.47. The summed E-state index contributed by atoms with van der Waals surface area (Å²) in [6.07, 6.45) is 0.734. The third-order valence-electron chi connectivity index (χ3n) is 3.19. The highest BCUT2D eigenvalue weighted by Crippen LogP contribution is 2.28. The van der Waals surface area contributed by atoms with Crippen molar-refractivity contribution in [3.05, 3.63) is 0 Å². The molecule has 0 saturated carbocycles. The molecule has 0 spiro atoms. The molecule has 1 rings (SSSR count). The van der Waals surface area contributed by atoms with Crippen LogP contribution < -0.4 is 11.1 Å². The number of carbonyl (C=O) groups is 1. The monoisotopic (exact) mass is 257 g/mol. The molecule has 0 aromatic heterocycles. The van der Waals surface area contributed by atoms with Crippen LogP contribution in [-0.2, 0) is 9.53 Å². The van der Waals surface area contributed by atoms with Crippen LogP contribution >= 0.6 is 0 Å². The summed E-state index contributed by atoms with van der Waals surface area (Å²) in [5.41, 5.74) is 5.03. The smallest absolute Gasteiger partial charge is 0.234 e. The van der Waals surface area contributed by atoms with Crippen molar-refractivity contribution in [1.29, 1.82) is 0 Å². The van der Waals surface area contributed by atoms with Gasteiger partial charge < -0.3 is 15.8 Å². The summed E-state index contributed by atoms with van der Waals surface area (Å²) in [4.78, 5) is 13.5. The number of amides is 1. The van der Waals surface area contributed by atoms with Crippen LogP contribution in [0.15, 0.2) is 0 Å². The Hall–Kier alpha value is -0.650. The lowest BCUT2D eigenvalue weighted by molar-refractivity contribution is -0.180. The highest BCUT2D eigenvalue weighted by Gasteiger charge is 2.37. The lowest BCUT2D eigenvalue weighted by atomic mass is 9.98. The maximum Gasteiger partial charge on any atom is 0.234 e. The van der Waals surface area contributed by atoms with E-state index in [2.05, 4.69) is 37.9 Å². The summed E-state index contributed by atoms with van der Waals surface area (Å²) in [7, 11) is 1.77. The van der Waals surface area contributed by atoms with Gasteiger partial charge in [0.2, 0.25) is 5.91 Å². The number of morpholine rings is 1. The number of carbonyl (C=O) groups excluding carboxylic acids is 1. The predicted molar refractivity (Wildman–Crippen MR) is 72.3 cm³/mol. The molecule has 0 aromatic carbocycles. The fraction of sp³-hybridized carbons (Fsp3) is 0.923. The first-order valence-electron chi connectivity index (χ1n) is 6.54. The van der Waals surface area contributed by atoms with Gasteiger partial charge in [0.25, 0.3) is 0 Å². The van der Waals surface area contributed by atoms with Crippen molar-refractivity contribution in [3.63, 3.8) is 0 Å². The molecule has 1 saturated heterocycles. The Kier molecular flexibility index (Phi) is 4.75. The maximum absolute atomic E-state index is 11.2. The third-order valence-corrected chi connectivity index (χ3v) is 3.19. The van der Waals surface area contributed by atoms with E-state index >= 15 is 0 Å². The van der Waals surface area contributed by atoms with Gasteiger partial charge in [-0.3, -0.25) is 9.69 Å². The number of primary amides is 1. The van der Waals surface area contributed by atoms with E-state index in [4.69, 9.17) is 10.5 Å². The largest absolute Gasteiger partial charge is 0.368 e. The zero-order chi connectivity index (χ0) is 14.0. The van der Waals surface area contributed by atoms with Crippen LogP contribution in [0.4, 0.5) is 0 Å². The second kappa shape index (κ2) is 5.55. The molecule has 1 unspecified atom stereocenters. The number of nitrogens with zero attached hydrogens (tertiary/aromatic N) is 1. The molecule has 18 heavy (non-hydrogen) atoms. The summed E-state index contributed by atoms with van der Waals surface area (Å²) in [6.45, 7) is 11.0. The SMILES string of the molecule is CNC(CCN1CC(C)(C)OC(C)(C)C1)C(N)=O. The van der Waals surface area contributed by atoms with E-state index in [1.165, 1.54) is 0 Å². The van der Waals surface area contributed by atoms with Crippen LogP contribution in [0.25, 0.3) is 0 Å². The van der Waals surface area contributed by atoms with Gasteiger partial charge >= 0.3 is 0 Å². The van der Waals surface area contributed by atoms with E-state index in [1.807, 2.05) is 0 Å². The van der Waals surface area contributed by atoms with Gasteiger partial charge in [-0.25, -0.2) is 0 Å². The molecule has 0 aromatic rings. The molecule has 0 aliphatic carbocycles. The molecule has 1 aliphatic rings. The zero-order valence-electron chi connectivity index (χ0n) is 12.2. The quantitative estimate of drug-likeness (QED) is 0.745. The normalized spacial score (nSPS) is 24.7. The Bertz CT molecular complexity index is 287. The second-order valence-electron chi connectivity index (χ2n) is 6.36. The van der Waals surface area contributed by atoms with E-state index in [0.717, 1.165) is 26.1 Å². The van der Waals surface area contributed by atoms with E-state index < -0.39 is 0 Å². The highest BCUT2D eigenvalue weighted by atomic mass is 16.5. The summed E-state index contributed by atoms with van der Waals surface area (Å²) in [5.74, 6) is -0.288. The average molecular weight is 257 g/mol. The highest BCUT2D eigenvalue weighted by molar-refractivity contribution is 5.79. The first-order chi connectivity index (χ1) is 8.15. The van der Waals surface area contributed by atoms with Gasteiger partial charge in [0.1, 0.15) is 0 Å². The topological polar surface area (TPSA) is 67.6 Å². The van der Waals surface area contributed by atoms with E-state index in [1.54, 1.807) is 7.05 Å². The lowest BCUT2D eigenvalue weighted by Crippen LogP contribution is -2.57. The molecule has 0 radical (unpaired) electrons. The van der Waals surface area contributed by atoms with Gasteiger partial charge in [0.15, 0.2) is 0 Å². The average Bonchev–Trinajstić information content (AvgIpc) is 2.12. The molecule has 1 amide bonds. The zero-order valence-corrected chi connectivity index (χ0v) is 12.2. The number of nitrogens with one attached hydrogen (secondary N) is 1. The molecule has 106 valence electrons. The molecule has 3 N–H and O–H groups in total.